The zero-order chi connectivity index (χ0) is 22.6. The van der Waals surface area contributed by atoms with Crippen LogP contribution in [-0.4, -0.2) is 42.1 Å². The second-order valence-corrected chi connectivity index (χ2v) is 7.43. The lowest BCUT2D eigenvalue weighted by atomic mass is 10.1. The summed E-state index contributed by atoms with van der Waals surface area (Å²) in [5.41, 5.74) is 0.0613. The lowest BCUT2D eigenvalue weighted by molar-refractivity contribution is -0.157. The van der Waals surface area contributed by atoms with Gasteiger partial charge in [-0.3, -0.25) is 4.79 Å². The Hall–Kier alpha value is -3.36. The van der Waals surface area contributed by atoms with Crippen molar-refractivity contribution in [2.75, 3.05) is 6.54 Å². The van der Waals surface area contributed by atoms with Gasteiger partial charge in [0.2, 0.25) is 0 Å². The summed E-state index contributed by atoms with van der Waals surface area (Å²) in [4.78, 5) is 47.0. The molecule has 9 heteroatoms. The number of nitrogens with one attached hydrogen (secondary N) is 3. The summed E-state index contributed by atoms with van der Waals surface area (Å²) in [5, 5.41) is 7.35. The molecule has 0 spiro atoms. The molecule has 0 aliphatic carbocycles. The van der Waals surface area contributed by atoms with Crippen LogP contribution in [0, 0.1) is 0 Å². The van der Waals surface area contributed by atoms with Crippen molar-refractivity contribution in [1.29, 1.82) is 0 Å². The third-order valence-electron chi connectivity index (χ3n) is 3.45. The highest BCUT2D eigenvalue weighted by Crippen LogP contribution is 2.10. The van der Waals surface area contributed by atoms with E-state index in [1.165, 1.54) is 19.2 Å². The van der Waals surface area contributed by atoms with Gasteiger partial charge in [0.25, 0.3) is 0 Å². The van der Waals surface area contributed by atoms with Crippen molar-refractivity contribution in [3.8, 4) is 0 Å². The van der Waals surface area contributed by atoms with E-state index in [1.807, 2.05) is 30.3 Å². The van der Waals surface area contributed by atoms with Gasteiger partial charge in [-0.15, -0.1) is 0 Å². The topological polar surface area (TPSA) is 123 Å². The molecule has 1 atom stereocenters. The van der Waals surface area contributed by atoms with Gasteiger partial charge in [0.1, 0.15) is 18.2 Å². The molecule has 0 saturated heterocycles. The van der Waals surface area contributed by atoms with Gasteiger partial charge in [-0.1, -0.05) is 30.3 Å². The quantitative estimate of drug-likeness (QED) is 0.417. The summed E-state index contributed by atoms with van der Waals surface area (Å²) in [6, 6.07) is 7.54. The molecule has 0 aromatic heterocycles. The van der Waals surface area contributed by atoms with E-state index in [2.05, 4.69) is 16.0 Å². The average Bonchev–Trinajstić information content (AvgIpc) is 2.64. The number of carbonyl (C=O) groups excluding carboxylic acids is 4. The smallest absolute Gasteiger partial charge is 0.408 e. The minimum absolute atomic E-state index is 0.0524. The Kier molecular flexibility index (Phi) is 10.1. The van der Waals surface area contributed by atoms with E-state index in [0.717, 1.165) is 5.56 Å². The number of esters is 1. The lowest BCUT2D eigenvalue weighted by Gasteiger charge is -2.24. The number of benzene rings is 1. The van der Waals surface area contributed by atoms with Crippen molar-refractivity contribution in [2.45, 2.75) is 52.4 Å². The number of rotatable bonds is 9. The van der Waals surface area contributed by atoms with E-state index in [4.69, 9.17) is 9.47 Å². The first-order valence-electron chi connectivity index (χ1n) is 9.48. The van der Waals surface area contributed by atoms with Crippen LogP contribution in [0.4, 0.5) is 9.59 Å². The third-order valence-corrected chi connectivity index (χ3v) is 3.45. The Bertz CT molecular complexity index is 756. The number of urea groups is 1. The number of amides is 3. The first-order valence-corrected chi connectivity index (χ1v) is 9.48. The number of ether oxygens (including phenoxy) is 2. The number of ketones is 1. The van der Waals surface area contributed by atoms with Crippen molar-refractivity contribution in [3.63, 3.8) is 0 Å². The lowest BCUT2D eigenvalue weighted by Crippen LogP contribution is -2.46. The number of hydrogen-bond donors (Lipinski definition) is 3. The summed E-state index contributed by atoms with van der Waals surface area (Å²) in [7, 11) is 0. The van der Waals surface area contributed by atoms with Crippen LogP contribution >= 0.6 is 0 Å². The largest absolute Gasteiger partial charge is 0.458 e. The molecular formula is C21H29N3O6. The maximum absolute atomic E-state index is 12.4. The van der Waals surface area contributed by atoms with Crippen molar-refractivity contribution in [1.82, 2.24) is 16.0 Å². The van der Waals surface area contributed by atoms with E-state index in [1.54, 1.807) is 20.8 Å². The summed E-state index contributed by atoms with van der Waals surface area (Å²) >= 11 is 0. The van der Waals surface area contributed by atoms with Gasteiger partial charge in [0, 0.05) is 12.7 Å². The van der Waals surface area contributed by atoms with Crippen LogP contribution in [0.1, 0.15) is 39.7 Å². The van der Waals surface area contributed by atoms with E-state index in [-0.39, 0.29) is 25.4 Å². The first-order chi connectivity index (χ1) is 14.1. The number of carbonyl (C=O) groups is 4. The van der Waals surface area contributed by atoms with Gasteiger partial charge in [-0.2, -0.15) is 0 Å². The Morgan fingerprint density at radius 2 is 1.77 bits per heavy atom. The molecule has 3 amide bonds. The fraction of sp³-hybridized carbons (Fsp3) is 0.429. The molecule has 0 unspecified atom stereocenters. The first kappa shape index (κ1) is 24.7. The standard InChI is InChI=1S/C21H29N3O6/c1-15(25)10-12-22-19(27)23-13-11-17(18(26)30-21(2,3)4)24-20(28)29-14-16-8-6-5-7-9-16/h5-10,12,17H,11,13-14H2,1-4H3,(H,24,28)(H2,22,23,27)/b12-10-/t17-/m0/s1. The molecule has 30 heavy (non-hydrogen) atoms. The van der Waals surface area contributed by atoms with Gasteiger partial charge >= 0.3 is 18.1 Å². The fourth-order valence-corrected chi connectivity index (χ4v) is 2.14. The van der Waals surface area contributed by atoms with E-state index < -0.39 is 29.7 Å². The Balaban J connectivity index is 2.58. The summed E-state index contributed by atoms with van der Waals surface area (Å²) in [5.74, 6) is -0.851. The molecule has 1 aromatic rings. The summed E-state index contributed by atoms with van der Waals surface area (Å²) in [6.45, 7) is 6.61. The maximum Gasteiger partial charge on any atom is 0.408 e. The predicted molar refractivity (Wildman–Crippen MR) is 110 cm³/mol. The van der Waals surface area contributed by atoms with Gasteiger partial charge in [0.15, 0.2) is 5.78 Å². The molecule has 0 saturated carbocycles. The number of alkyl carbamates (subject to hydrolysis) is 1. The van der Waals surface area contributed by atoms with Crippen LogP contribution < -0.4 is 16.0 Å². The molecule has 0 heterocycles. The highest BCUT2D eigenvalue weighted by molar-refractivity contribution is 5.88. The fourth-order valence-electron chi connectivity index (χ4n) is 2.14. The van der Waals surface area contributed by atoms with Crippen LogP contribution in [0.2, 0.25) is 0 Å². The molecule has 1 aromatic carbocycles. The van der Waals surface area contributed by atoms with Crippen LogP contribution in [0.5, 0.6) is 0 Å². The minimum atomic E-state index is -1.01. The second kappa shape index (κ2) is 12.3. The van der Waals surface area contributed by atoms with Crippen molar-refractivity contribution in [2.24, 2.45) is 0 Å². The molecule has 9 nitrogen and oxygen atoms in total. The molecule has 0 radical (unpaired) electrons. The molecule has 0 bridgehead atoms. The zero-order valence-electron chi connectivity index (χ0n) is 17.7. The van der Waals surface area contributed by atoms with Crippen LogP contribution in [0.15, 0.2) is 42.6 Å². The van der Waals surface area contributed by atoms with Gasteiger partial charge in [0.05, 0.1) is 0 Å². The van der Waals surface area contributed by atoms with E-state index >= 15 is 0 Å². The summed E-state index contributed by atoms with van der Waals surface area (Å²) < 4.78 is 10.5. The van der Waals surface area contributed by atoms with Crippen molar-refractivity contribution >= 4 is 23.9 Å². The molecule has 164 valence electrons. The molecule has 1 rings (SSSR count). The van der Waals surface area contributed by atoms with Crippen LogP contribution in [0.3, 0.4) is 0 Å². The highest BCUT2D eigenvalue weighted by Gasteiger charge is 2.27. The molecule has 3 N–H and O–H groups in total. The molecule has 0 aliphatic heterocycles. The van der Waals surface area contributed by atoms with Crippen molar-refractivity contribution in [3.05, 3.63) is 48.2 Å². The Morgan fingerprint density at radius 3 is 2.37 bits per heavy atom. The van der Waals surface area contributed by atoms with Gasteiger partial charge in [-0.25, -0.2) is 14.4 Å². The molecule has 0 aliphatic rings. The minimum Gasteiger partial charge on any atom is -0.458 e. The SMILES string of the molecule is CC(=O)/C=C\NC(=O)NCC[C@H](NC(=O)OCc1ccccc1)C(=O)OC(C)(C)C. The molecular weight excluding hydrogens is 390 g/mol. The van der Waals surface area contributed by atoms with Crippen molar-refractivity contribution < 1.29 is 28.7 Å². The van der Waals surface area contributed by atoms with Crippen LogP contribution in [0.25, 0.3) is 0 Å². The van der Waals surface area contributed by atoms with Gasteiger partial charge < -0.3 is 25.4 Å². The average molecular weight is 419 g/mol. The normalized spacial score (nSPS) is 12.0. The summed E-state index contributed by atoms with van der Waals surface area (Å²) in [6.07, 6.45) is 1.72. The number of allylic oxidation sites excluding steroid dienone is 1. The Labute approximate surface area is 176 Å². The predicted octanol–water partition coefficient (Wildman–Crippen LogP) is 2.42. The number of hydrogen-bond acceptors (Lipinski definition) is 6. The third kappa shape index (κ3) is 11.5. The maximum atomic E-state index is 12.4. The highest BCUT2D eigenvalue weighted by atomic mass is 16.6. The van der Waals surface area contributed by atoms with Crippen LogP contribution in [-0.2, 0) is 25.7 Å². The monoisotopic (exact) mass is 419 g/mol. The Morgan fingerprint density at radius 1 is 1.10 bits per heavy atom. The van der Waals surface area contributed by atoms with E-state index in [9.17, 15) is 19.2 Å². The molecule has 0 fully saturated rings. The van der Waals surface area contributed by atoms with Gasteiger partial charge in [-0.05, 0) is 45.8 Å². The second-order valence-electron chi connectivity index (χ2n) is 7.43. The zero-order valence-corrected chi connectivity index (χ0v) is 17.7. The van der Waals surface area contributed by atoms with E-state index in [0.29, 0.717) is 0 Å².